The van der Waals surface area contributed by atoms with Gasteiger partial charge in [-0.15, -0.1) is 0 Å². The van der Waals surface area contributed by atoms with Crippen molar-refractivity contribution in [2.24, 2.45) is 0 Å². The SMILES string of the molecule is CCC(=O)OC(=O)CC.CCCCCCCCCCCC(=O)OCN1C(=O)CCc2ccc(OCCCCN3CCN(c4cccc(Cl)c4Cl)CC3)cc21.O=C1CCc2ccc(OCCCCN3CCN(c4cccc(Cl)c4Cl)CC3)cc2C1.O=C1CCc2ccc(OCCCCN3CCN(c4cccc(Cl)c4Cl)CC3)cc2C1.O=C1CCc2ccc(OCCCCN3CCN(c4cccc(Cl)c4Cl)CC3)cc2N1CO. The van der Waals surface area contributed by atoms with E-state index < -0.39 is 11.9 Å². The maximum atomic E-state index is 12.8. The number of hydrogen-bond acceptors (Lipinski definition) is 22. The molecule has 8 aliphatic rings. The second kappa shape index (κ2) is 62.1. The van der Waals surface area contributed by atoms with Crippen LogP contribution < -0.4 is 48.3 Å². The summed E-state index contributed by atoms with van der Waals surface area (Å²) in [6.45, 7) is 27.8. The van der Waals surface area contributed by atoms with Crippen molar-refractivity contribution in [1.29, 1.82) is 0 Å². The van der Waals surface area contributed by atoms with Gasteiger partial charge < -0.3 is 53.1 Å². The van der Waals surface area contributed by atoms with E-state index in [-0.39, 0.29) is 44.1 Å². The van der Waals surface area contributed by atoms with Crippen molar-refractivity contribution >= 4 is 168 Å². The predicted molar refractivity (Wildman–Crippen MR) is 592 cm³/mol. The summed E-state index contributed by atoms with van der Waals surface area (Å²) in [6.07, 6.45) is 26.5. The van der Waals surface area contributed by atoms with Gasteiger partial charge in [0.1, 0.15) is 41.3 Å². The molecule has 0 unspecified atom stereocenters. The van der Waals surface area contributed by atoms with Crippen LogP contribution in [0.5, 0.6) is 23.0 Å². The molecule has 0 radical (unpaired) electrons. The number of carbonyl (C=O) groups is 7. The van der Waals surface area contributed by atoms with Crippen LogP contribution in [0.15, 0.2) is 146 Å². The molecule has 16 rings (SSSR count). The first kappa shape index (κ1) is 116. The van der Waals surface area contributed by atoms with Crippen molar-refractivity contribution in [2.45, 2.75) is 213 Å². The Balaban J connectivity index is 0.000000170. The molecule has 0 aromatic heterocycles. The van der Waals surface area contributed by atoms with Crippen LogP contribution in [0.2, 0.25) is 40.2 Å². The number of benzene rings is 8. The minimum absolute atomic E-state index is 0.0201. The largest absolute Gasteiger partial charge is 0.494 e. The highest BCUT2D eigenvalue weighted by Gasteiger charge is 2.31. The van der Waals surface area contributed by atoms with Crippen LogP contribution in [-0.4, -0.2) is 237 Å². The number of amides is 2. The predicted octanol–water partition coefficient (Wildman–Crippen LogP) is 23.8. The number of hydrogen-bond donors (Lipinski definition) is 1. The molecule has 4 saturated heterocycles. The number of aryl methyl sites for hydroxylation is 4. The van der Waals surface area contributed by atoms with E-state index in [4.69, 9.17) is 116 Å². The molecule has 8 aromatic carbocycles. The Morgan fingerprint density at radius 3 is 0.932 bits per heavy atom. The molecule has 0 spiro atoms. The smallest absolute Gasteiger partial charge is 0.313 e. The quantitative estimate of drug-likeness (QED) is 0.0213. The Labute approximate surface area is 904 Å². The number of Topliss-reactive ketones (excluding diaryl/α,β-unsaturated/α-hetero) is 2. The number of esters is 3. The van der Waals surface area contributed by atoms with Gasteiger partial charge in [-0.05, 0) is 228 Å². The number of ketones is 2. The number of aliphatic hydroxyl groups is 1. The van der Waals surface area contributed by atoms with Crippen LogP contribution in [0, 0.1) is 0 Å². The molecule has 2 amide bonds. The summed E-state index contributed by atoms with van der Waals surface area (Å²) in [6, 6.07) is 47.4. The average molecular weight is 2160 g/mol. The fourth-order valence-electron chi connectivity index (χ4n) is 19.2. The van der Waals surface area contributed by atoms with E-state index in [1.54, 1.807) is 18.7 Å². The lowest BCUT2D eigenvalue weighted by molar-refractivity contribution is -0.159. The van der Waals surface area contributed by atoms with Crippen molar-refractivity contribution in [3.63, 3.8) is 0 Å². The number of nitrogens with zero attached hydrogens (tertiary/aromatic N) is 10. The Bertz CT molecular complexity index is 5360. The monoisotopic (exact) mass is 2160 g/mol. The Hall–Kier alpha value is -8.83. The maximum absolute atomic E-state index is 12.8. The van der Waals surface area contributed by atoms with Gasteiger partial charge in [0.25, 0.3) is 0 Å². The van der Waals surface area contributed by atoms with Crippen LogP contribution in [0.4, 0.5) is 34.1 Å². The fourth-order valence-corrected chi connectivity index (χ4v) is 20.9. The Kier molecular flexibility index (Phi) is 49.3. The van der Waals surface area contributed by atoms with Gasteiger partial charge >= 0.3 is 17.9 Å². The summed E-state index contributed by atoms with van der Waals surface area (Å²) in [5.74, 6) is 2.69. The first-order chi connectivity index (χ1) is 70.9. The molecule has 24 nitrogen and oxygen atoms in total. The second-order valence-electron chi connectivity index (χ2n) is 38.3. The highest BCUT2D eigenvalue weighted by Crippen LogP contribution is 2.40. The van der Waals surface area contributed by atoms with Crippen molar-refractivity contribution in [2.75, 3.05) is 200 Å². The topological polar surface area (TPSA) is 228 Å². The number of unbranched alkanes of at least 4 members (excludes halogenated alkanes) is 12. The molecule has 32 heteroatoms. The van der Waals surface area contributed by atoms with Gasteiger partial charge in [-0.3, -0.25) is 63.0 Å². The lowest BCUT2D eigenvalue weighted by Gasteiger charge is -2.36. The van der Waals surface area contributed by atoms with Gasteiger partial charge in [0, 0.05) is 175 Å². The number of fused-ring (bicyclic) bond motifs is 4. The van der Waals surface area contributed by atoms with Crippen molar-refractivity contribution < 1.29 is 67.1 Å². The molecule has 0 saturated carbocycles. The molecule has 8 aromatic rings. The van der Waals surface area contributed by atoms with Gasteiger partial charge in [-0.2, -0.15) is 0 Å². The highest BCUT2D eigenvalue weighted by atomic mass is 35.5. The van der Waals surface area contributed by atoms with Gasteiger partial charge in [0.2, 0.25) is 11.8 Å². The van der Waals surface area contributed by atoms with E-state index in [0.717, 1.165) is 294 Å². The summed E-state index contributed by atoms with van der Waals surface area (Å²) < 4.78 is 33.7. The molecule has 4 fully saturated rings. The number of carbonyl (C=O) groups excluding carboxylic acids is 7. The number of rotatable bonds is 43. The van der Waals surface area contributed by atoms with E-state index in [1.807, 2.05) is 133 Å². The van der Waals surface area contributed by atoms with Crippen LogP contribution in [0.1, 0.15) is 208 Å². The van der Waals surface area contributed by atoms with E-state index in [1.165, 1.54) is 54.6 Å². The van der Waals surface area contributed by atoms with E-state index in [0.29, 0.717) is 136 Å². The highest BCUT2D eigenvalue weighted by molar-refractivity contribution is 6.45. The molecule has 1 N–H and O–H groups in total. The molecule has 146 heavy (non-hydrogen) atoms. The summed E-state index contributed by atoms with van der Waals surface area (Å²) in [7, 11) is 0. The number of aliphatic hydroxyl groups excluding tert-OH is 1. The summed E-state index contributed by atoms with van der Waals surface area (Å²) in [5, 5.41) is 14.5. The van der Waals surface area contributed by atoms with Crippen LogP contribution >= 0.6 is 92.8 Å². The number of piperazine rings is 4. The molecule has 6 aliphatic heterocycles. The summed E-state index contributed by atoms with van der Waals surface area (Å²) in [4.78, 5) is 103. The van der Waals surface area contributed by atoms with Gasteiger partial charge in [0.15, 0.2) is 6.73 Å². The van der Waals surface area contributed by atoms with Crippen molar-refractivity contribution in [1.82, 2.24) is 19.6 Å². The normalized spacial score (nSPS) is 16.0. The van der Waals surface area contributed by atoms with Crippen LogP contribution in [-0.2, 0) is 81.6 Å². The minimum Gasteiger partial charge on any atom is -0.494 e. The van der Waals surface area contributed by atoms with Crippen LogP contribution in [0.3, 0.4) is 0 Å². The third kappa shape index (κ3) is 36.8. The Morgan fingerprint density at radius 1 is 0.301 bits per heavy atom. The third-order valence-corrected chi connectivity index (χ3v) is 31.1. The number of ether oxygens (including phenoxy) is 6. The third-order valence-electron chi connectivity index (χ3n) is 27.9. The van der Waals surface area contributed by atoms with E-state index >= 15 is 0 Å². The summed E-state index contributed by atoms with van der Waals surface area (Å²) >= 11 is 50.2. The van der Waals surface area contributed by atoms with Gasteiger partial charge in [-0.1, -0.05) is 213 Å². The Morgan fingerprint density at radius 2 is 0.603 bits per heavy atom. The minimum atomic E-state index is -0.457. The molecule has 792 valence electrons. The second-order valence-corrected chi connectivity index (χ2v) is 41.4. The maximum Gasteiger partial charge on any atom is 0.313 e. The standard InChI is InChI=1S/C36H51Cl2N3O4.C24H29Cl2N3O3.2C24H28Cl2N2O2.C6H10O3/c1-2-3-4-5-6-7-8-9-10-16-35(43)45-28-41-33-27-30(19-17-29(33)18-20-34(41)42)44-26-12-11-21-39-22-24-40(25-23-39)32-15-13-14-31(37)36(32)38;25-20-4-3-5-21(24(20)26)28-13-11-27(12-14-28)10-1-2-15-32-19-8-6-18-7-9-23(31)29(17-30)22(18)16-19;2*25-22-4-3-5-23(24(22)26)28-13-11-27(12-14-28)10-1-2-15-30-21-9-7-18-6-8-20(29)16-19(18)17-21;1-3-5(7)9-6(8)4-2/h13-15,17,19,27H,2-12,16,18,20-26,28H2,1H3;3-6,8,16,30H,1-2,7,9-15,17H2;2*3-5,7,9,17H,1-2,6,8,10-16H2;3-4H2,1-2H3. The van der Waals surface area contributed by atoms with Crippen LogP contribution in [0.25, 0.3) is 0 Å². The van der Waals surface area contributed by atoms with Crippen molar-refractivity contribution in [3.05, 3.63) is 219 Å². The molecular formula is C114H146Cl8N10O14. The number of anilines is 6. The fraction of sp³-hybridized carbons (Fsp3) is 0.518. The van der Waals surface area contributed by atoms with E-state index in [9.17, 15) is 38.7 Å². The molecule has 0 atom stereocenters. The van der Waals surface area contributed by atoms with Gasteiger partial charge in [0.05, 0.1) is 101 Å². The molecule has 6 heterocycles. The first-order valence-corrected chi connectivity index (χ1v) is 55.8. The van der Waals surface area contributed by atoms with E-state index in [2.05, 4.69) is 63.0 Å². The first-order valence-electron chi connectivity index (χ1n) is 52.7. The summed E-state index contributed by atoms with van der Waals surface area (Å²) in [5.41, 5.74) is 12.7. The molecule has 2 aliphatic carbocycles. The zero-order valence-corrected chi connectivity index (χ0v) is 91.3. The zero-order valence-electron chi connectivity index (χ0n) is 85.2. The average Bonchev–Trinajstić information content (AvgIpc) is 0.795. The lowest BCUT2D eigenvalue weighted by Crippen LogP contribution is -2.46. The van der Waals surface area contributed by atoms with Crippen molar-refractivity contribution in [3.8, 4) is 23.0 Å². The molecule has 0 bridgehead atoms. The number of halogens is 8. The molecular weight excluding hydrogens is 2020 g/mol. The lowest BCUT2D eigenvalue weighted by atomic mass is 9.91. The van der Waals surface area contributed by atoms with Gasteiger partial charge in [-0.25, -0.2) is 0 Å². The zero-order chi connectivity index (χ0) is 103.